The quantitative estimate of drug-likeness (QED) is 0.853. The Kier molecular flexibility index (Phi) is 4.79. The maximum atomic E-state index is 12.6. The Balaban J connectivity index is 3.09. The van der Waals surface area contributed by atoms with Gasteiger partial charge in [0.05, 0.1) is 6.42 Å². The van der Waals surface area contributed by atoms with Gasteiger partial charge in [0.15, 0.2) is 0 Å². The lowest BCUT2D eigenvalue weighted by atomic mass is 9.94. The number of hydrogen-bond donors (Lipinski definition) is 1. The molecule has 4 heteroatoms. The van der Waals surface area contributed by atoms with Crippen molar-refractivity contribution in [2.24, 2.45) is 0 Å². The minimum atomic E-state index is -4.15. The summed E-state index contributed by atoms with van der Waals surface area (Å²) >= 11 is 0. The Bertz CT molecular complexity index is 410. The summed E-state index contributed by atoms with van der Waals surface area (Å²) in [5.74, 6) is 0. The molecular formula is C14H20F3N. The van der Waals surface area contributed by atoms with Crippen molar-refractivity contribution in [3.63, 3.8) is 0 Å². The Morgan fingerprint density at radius 2 is 1.61 bits per heavy atom. The van der Waals surface area contributed by atoms with Gasteiger partial charge in [-0.15, -0.1) is 0 Å². The van der Waals surface area contributed by atoms with E-state index in [1.54, 1.807) is 0 Å². The molecule has 0 amide bonds. The largest absolute Gasteiger partial charge is 0.390 e. The number of benzene rings is 1. The Labute approximate surface area is 106 Å². The molecule has 1 atom stereocenters. The highest BCUT2D eigenvalue weighted by Crippen LogP contribution is 2.32. The first-order chi connectivity index (χ1) is 8.24. The summed E-state index contributed by atoms with van der Waals surface area (Å²) < 4.78 is 37.8. The highest BCUT2D eigenvalue weighted by Gasteiger charge is 2.32. The molecule has 1 nitrogen and oxygen atoms in total. The second kappa shape index (κ2) is 5.74. The van der Waals surface area contributed by atoms with Crippen LogP contribution in [-0.4, -0.2) is 12.7 Å². The fraction of sp³-hybridized carbons (Fsp3) is 0.571. The van der Waals surface area contributed by atoms with Crippen molar-refractivity contribution >= 4 is 0 Å². The molecule has 1 N–H and O–H groups in total. The molecule has 102 valence electrons. The van der Waals surface area contributed by atoms with Crippen LogP contribution < -0.4 is 5.32 Å². The summed E-state index contributed by atoms with van der Waals surface area (Å²) in [5, 5.41) is 2.92. The van der Waals surface area contributed by atoms with Crippen LogP contribution in [0.15, 0.2) is 12.1 Å². The second-order valence-electron chi connectivity index (χ2n) is 4.72. The van der Waals surface area contributed by atoms with Gasteiger partial charge in [-0.3, -0.25) is 0 Å². The summed E-state index contributed by atoms with van der Waals surface area (Å²) in [4.78, 5) is 0. The third-order valence-corrected chi connectivity index (χ3v) is 3.14. The molecule has 1 aromatic carbocycles. The molecule has 0 aliphatic rings. The lowest BCUT2D eigenvalue weighted by molar-refractivity contribution is -0.140. The molecule has 1 unspecified atom stereocenters. The smallest absolute Gasteiger partial charge is 0.310 e. The van der Waals surface area contributed by atoms with Gasteiger partial charge in [-0.25, -0.2) is 0 Å². The number of alkyl halides is 3. The van der Waals surface area contributed by atoms with E-state index in [1.165, 1.54) is 0 Å². The molecule has 0 spiro atoms. The topological polar surface area (TPSA) is 12.0 Å². The molecule has 1 aromatic rings. The Morgan fingerprint density at radius 1 is 1.06 bits per heavy atom. The Morgan fingerprint density at radius 3 is 2.11 bits per heavy atom. The summed E-state index contributed by atoms with van der Waals surface area (Å²) in [6.07, 6.45) is -4.98. The molecule has 0 bridgehead atoms. The van der Waals surface area contributed by atoms with E-state index in [2.05, 4.69) is 5.32 Å². The van der Waals surface area contributed by atoms with Gasteiger partial charge in [0.25, 0.3) is 0 Å². The minimum absolute atomic E-state index is 0.521. The molecular weight excluding hydrogens is 239 g/mol. The van der Waals surface area contributed by atoms with Crippen molar-refractivity contribution in [3.05, 3.63) is 34.4 Å². The third kappa shape index (κ3) is 4.02. The first-order valence-electron chi connectivity index (χ1n) is 6.12. The third-order valence-electron chi connectivity index (χ3n) is 3.14. The van der Waals surface area contributed by atoms with Crippen LogP contribution in [0.1, 0.15) is 41.6 Å². The van der Waals surface area contributed by atoms with Crippen molar-refractivity contribution in [1.29, 1.82) is 0 Å². The van der Waals surface area contributed by atoms with Gasteiger partial charge in [0, 0.05) is 6.04 Å². The van der Waals surface area contributed by atoms with Crippen LogP contribution in [0.3, 0.4) is 0 Å². The monoisotopic (exact) mass is 259 g/mol. The fourth-order valence-corrected chi connectivity index (χ4v) is 2.13. The molecule has 0 saturated heterocycles. The van der Waals surface area contributed by atoms with Crippen LogP contribution in [0, 0.1) is 20.8 Å². The van der Waals surface area contributed by atoms with Crippen LogP contribution in [0.25, 0.3) is 0 Å². The van der Waals surface area contributed by atoms with Crippen molar-refractivity contribution in [2.45, 2.75) is 46.3 Å². The van der Waals surface area contributed by atoms with Gasteiger partial charge in [0.1, 0.15) is 0 Å². The SMILES string of the molecule is CCNC(CC(F)(F)F)c1cc(C)c(C)cc1C. The fourth-order valence-electron chi connectivity index (χ4n) is 2.13. The zero-order valence-corrected chi connectivity index (χ0v) is 11.3. The van der Waals surface area contributed by atoms with E-state index in [1.807, 2.05) is 39.8 Å². The maximum absolute atomic E-state index is 12.6. The average molecular weight is 259 g/mol. The minimum Gasteiger partial charge on any atom is -0.310 e. The lowest BCUT2D eigenvalue weighted by Gasteiger charge is -2.23. The van der Waals surface area contributed by atoms with E-state index in [-0.39, 0.29) is 0 Å². The van der Waals surface area contributed by atoms with E-state index >= 15 is 0 Å². The molecule has 0 aromatic heterocycles. The number of rotatable bonds is 4. The van der Waals surface area contributed by atoms with Crippen molar-refractivity contribution in [1.82, 2.24) is 5.32 Å². The molecule has 0 aliphatic heterocycles. The summed E-state index contributed by atoms with van der Waals surface area (Å²) in [5.41, 5.74) is 3.80. The molecule has 18 heavy (non-hydrogen) atoms. The maximum Gasteiger partial charge on any atom is 0.390 e. The zero-order chi connectivity index (χ0) is 13.9. The first-order valence-corrected chi connectivity index (χ1v) is 6.12. The van der Waals surface area contributed by atoms with Crippen LogP contribution >= 0.6 is 0 Å². The number of nitrogens with one attached hydrogen (secondary N) is 1. The van der Waals surface area contributed by atoms with Gasteiger partial charge >= 0.3 is 6.18 Å². The van der Waals surface area contributed by atoms with Gasteiger partial charge in [0.2, 0.25) is 0 Å². The Hall–Kier alpha value is -1.03. The molecule has 0 radical (unpaired) electrons. The van der Waals surface area contributed by atoms with Gasteiger partial charge in [-0.1, -0.05) is 19.1 Å². The van der Waals surface area contributed by atoms with Gasteiger partial charge in [-0.2, -0.15) is 13.2 Å². The van der Waals surface area contributed by atoms with Crippen molar-refractivity contribution < 1.29 is 13.2 Å². The second-order valence-corrected chi connectivity index (χ2v) is 4.72. The zero-order valence-electron chi connectivity index (χ0n) is 11.3. The van der Waals surface area contributed by atoms with E-state index in [9.17, 15) is 13.2 Å². The molecule has 0 fully saturated rings. The number of aryl methyl sites for hydroxylation is 3. The average Bonchev–Trinajstić information content (AvgIpc) is 2.21. The molecule has 0 heterocycles. The van der Waals surface area contributed by atoms with Crippen molar-refractivity contribution in [2.75, 3.05) is 6.54 Å². The highest BCUT2D eigenvalue weighted by molar-refractivity contribution is 5.38. The highest BCUT2D eigenvalue weighted by atomic mass is 19.4. The van der Waals surface area contributed by atoms with E-state index in [0.29, 0.717) is 6.54 Å². The van der Waals surface area contributed by atoms with Crippen molar-refractivity contribution in [3.8, 4) is 0 Å². The van der Waals surface area contributed by atoms with E-state index < -0.39 is 18.6 Å². The molecule has 1 rings (SSSR count). The van der Waals surface area contributed by atoms with Crippen LogP contribution in [0.2, 0.25) is 0 Å². The standard InChI is InChI=1S/C14H20F3N/c1-5-18-13(8-14(15,16)17)12-7-10(3)9(2)6-11(12)4/h6-7,13,18H,5,8H2,1-4H3. The number of halogens is 3. The van der Waals surface area contributed by atoms with Gasteiger partial charge < -0.3 is 5.32 Å². The predicted molar refractivity (Wildman–Crippen MR) is 67.7 cm³/mol. The van der Waals surface area contributed by atoms with Crippen LogP contribution in [-0.2, 0) is 0 Å². The first kappa shape index (κ1) is 15.0. The van der Waals surface area contributed by atoms with Crippen LogP contribution in [0.5, 0.6) is 0 Å². The molecule has 0 aliphatic carbocycles. The van der Waals surface area contributed by atoms with Gasteiger partial charge in [-0.05, 0) is 49.6 Å². The summed E-state index contributed by atoms with van der Waals surface area (Å²) in [6, 6.07) is 3.16. The normalized spacial score (nSPS) is 13.7. The van der Waals surface area contributed by atoms with E-state index in [4.69, 9.17) is 0 Å². The van der Waals surface area contributed by atoms with Crippen LogP contribution in [0.4, 0.5) is 13.2 Å². The summed E-state index contributed by atoms with van der Waals surface area (Å²) in [7, 11) is 0. The summed E-state index contributed by atoms with van der Waals surface area (Å²) in [6.45, 7) is 8.10. The predicted octanol–water partition coefficient (Wildman–Crippen LogP) is 4.21. The number of hydrogen-bond acceptors (Lipinski definition) is 1. The molecule has 0 saturated carbocycles. The lowest BCUT2D eigenvalue weighted by Crippen LogP contribution is -2.27. The van der Waals surface area contributed by atoms with E-state index in [0.717, 1.165) is 22.3 Å².